The third kappa shape index (κ3) is 9.89. The van der Waals surface area contributed by atoms with Crippen LogP contribution in [0.15, 0.2) is 231 Å². The van der Waals surface area contributed by atoms with E-state index in [2.05, 4.69) is 261 Å². The van der Waals surface area contributed by atoms with Gasteiger partial charge in [-0.05, 0) is 154 Å². The van der Waals surface area contributed by atoms with Crippen LogP contribution in [0, 0.1) is 6.92 Å². The first-order valence-corrected chi connectivity index (χ1v) is 23.4. The van der Waals surface area contributed by atoms with Gasteiger partial charge in [-0.15, -0.1) is 0 Å². The van der Waals surface area contributed by atoms with Crippen LogP contribution >= 0.6 is 0 Å². The molecule has 1 atom stereocenters. The lowest BCUT2D eigenvalue weighted by molar-refractivity contribution is 0.541. The van der Waals surface area contributed by atoms with Gasteiger partial charge in [-0.1, -0.05) is 191 Å². The van der Waals surface area contributed by atoms with Gasteiger partial charge in [-0.25, -0.2) is 0 Å². The quantitative estimate of drug-likeness (QED) is 0.0956. The van der Waals surface area contributed by atoms with Crippen molar-refractivity contribution in [2.45, 2.75) is 58.8 Å². The fourth-order valence-electron chi connectivity index (χ4n) is 9.23. The number of hydrogen-bond donors (Lipinski definition) is 0. The van der Waals surface area contributed by atoms with Gasteiger partial charge in [0.25, 0.3) is 0 Å². The molecule has 0 aliphatic carbocycles. The molecule has 0 fully saturated rings. The molecule has 320 valence electrons. The summed E-state index contributed by atoms with van der Waals surface area (Å²) < 4.78 is 0. The molecule has 2 nitrogen and oxygen atoms in total. The minimum atomic E-state index is 0.607. The molecule has 0 heterocycles. The standard InChI is InChI=1S/C63H58N2/c1-4-6-17-48(15-5-2)51-23-35-57(36-24-51)64(58-37-25-52(26-38-58)49-18-9-7-10-19-49)60-41-29-54(30-42-60)55-31-43-61(44-32-55)65(59-39-27-53(28-40-59)50-20-11-8-12-21-50)62-45-33-56(34-46-62)63-22-14-13-16-47(63)3/h7-14,16,18-46,48H,4-6,15,17H2,1-3H3. The SMILES string of the molecule is CCCCC(CCC)c1ccc(N(c2ccc(-c3ccccc3)cc2)c2ccc(-c3ccc(N(c4ccc(-c5ccccc5)cc4)c4ccc(-c5ccccc5C)cc4)cc3)cc2)cc1. The van der Waals surface area contributed by atoms with Gasteiger partial charge in [0.2, 0.25) is 0 Å². The summed E-state index contributed by atoms with van der Waals surface area (Å²) in [6.07, 6.45) is 6.18. The van der Waals surface area contributed by atoms with E-state index in [1.54, 1.807) is 0 Å². The van der Waals surface area contributed by atoms with Gasteiger partial charge in [0.15, 0.2) is 0 Å². The largest absolute Gasteiger partial charge is 0.311 e. The Hall–Kier alpha value is -7.42. The van der Waals surface area contributed by atoms with Gasteiger partial charge >= 0.3 is 0 Å². The number of aryl methyl sites for hydroxylation is 1. The first kappa shape index (κ1) is 42.9. The second kappa shape index (κ2) is 20.4. The van der Waals surface area contributed by atoms with Crippen LogP contribution in [0.25, 0.3) is 44.5 Å². The molecule has 0 amide bonds. The molecule has 0 saturated carbocycles. The van der Waals surface area contributed by atoms with E-state index in [1.165, 1.54) is 87.7 Å². The number of benzene rings is 9. The van der Waals surface area contributed by atoms with Crippen LogP contribution in [0.1, 0.15) is 63.0 Å². The molecule has 2 heteroatoms. The Balaban J connectivity index is 1.02. The summed E-state index contributed by atoms with van der Waals surface area (Å²) >= 11 is 0. The Bertz CT molecular complexity index is 2870. The highest BCUT2D eigenvalue weighted by Crippen LogP contribution is 2.41. The molecule has 0 aromatic heterocycles. The van der Waals surface area contributed by atoms with Crippen LogP contribution in [0.3, 0.4) is 0 Å². The van der Waals surface area contributed by atoms with E-state index >= 15 is 0 Å². The Morgan fingerprint density at radius 2 is 0.631 bits per heavy atom. The molecule has 9 aromatic carbocycles. The highest BCUT2D eigenvalue weighted by Gasteiger charge is 2.17. The minimum Gasteiger partial charge on any atom is -0.311 e. The third-order valence-corrected chi connectivity index (χ3v) is 12.8. The van der Waals surface area contributed by atoms with E-state index in [0.717, 1.165) is 34.1 Å². The van der Waals surface area contributed by atoms with E-state index in [-0.39, 0.29) is 0 Å². The van der Waals surface area contributed by atoms with Gasteiger partial charge in [-0.3, -0.25) is 0 Å². The van der Waals surface area contributed by atoms with Crippen molar-refractivity contribution in [2.24, 2.45) is 0 Å². The van der Waals surface area contributed by atoms with Gasteiger partial charge in [0.1, 0.15) is 0 Å². The van der Waals surface area contributed by atoms with Gasteiger partial charge in [-0.2, -0.15) is 0 Å². The summed E-state index contributed by atoms with van der Waals surface area (Å²) in [5.41, 5.74) is 19.1. The lowest BCUT2D eigenvalue weighted by atomic mass is 9.89. The zero-order chi connectivity index (χ0) is 44.4. The Morgan fingerprint density at radius 1 is 0.308 bits per heavy atom. The third-order valence-electron chi connectivity index (χ3n) is 12.8. The smallest absolute Gasteiger partial charge is 0.0462 e. The van der Waals surface area contributed by atoms with Crippen molar-refractivity contribution < 1.29 is 0 Å². The average molecular weight is 843 g/mol. The van der Waals surface area contributed by atoms with Crippen molar-refractivity contribution >= 4 is 34.1 Å². The highest BCUT2D eigenvalue weighted by atomic mass is 15.1. The molecule has 0 saturated heterocycles. The Morgan fingerprint density at radius 3 is 0.985 bits per heavy atom. The topological polar surface area (TPSA) is 6.48 Å². The van der Waals surface area contributed by atoms with Gasteiger partial charge in [0.05, 0.1) is 0 Å². The molecule has 9 aromatic rings. The summed E-state index contributed by atoms with van der Waals surface area (Å²) in [4.78, 5) is 4.74. The molecule has 0 aliphatic heterocycles. The predicted octanol–water partition coefficient (Wildman–Crippen LogP) is 18.7. The average Bonchev–Trinajstić information content (AvgIpc) is 3.37. The van der Waals surface area contributed by atoms with E-state index in [1.807, 2.05) is 0 Å². The molecule has 65 heavy (non-hydrogen) atoms. The highest BCUT2D eigenvalue weighted by molar-refractivity contribution is 5.83. The van der Waals surface area contributed by atoms with Crippen LogP contribution in [0.4, 0.5) is 34.1 Å². The fraction of sp³-hybridized carbons (Fsp3) is 0.143. The minimum absolute atomic E-state index is 0.607. The van der Waals surface area contributed by atoms with E-state index in [4.69, 9.17) is 0 Å². The van der Waals surface area contributed by atoms with Crippen LogP contribution in [0.2, 0.25) is 0 Å². The summed E-state index contributed by atoms with van der Waals surface area (Å²) in [7, 11) is 0. The van der Waals surface area contributed by atoms with Crippen molar-refractivity contribution in [1.82, 2.24) is 0 Å². The Labute approximate surface area is 387 Å². The first-order chi connectivity index (χ1) is 32.1. The maximum absolute atomic E-state index is 2.39. The second-order valence-electron chi connectivity index (χ2n) is 17.2. The maximum Gasteiger partial charge on any atom is 0.0462 e. The normalized spacial score (nSPS) is 11.6. The number of nitrogens with zero attached hydrogens (tertiary/aromatic N) is 2. The first-order valence-electron chi connectivity index (χ1n) is 23.4. The van der Waals surface area contributed by atoms with Crippen LogP contribution in [0.5, 0.6) is 0 Å². The lowest BCUT2D eigenvalue weighted by Crippen LogP contribution is -2.10. The molecule has 0 N–H and O–H groups in total. The summed E-state index contributed by atoms with van der Waals surface area (Å²) in [5.74, 6) is 0.607. The summed E-state index contributed by atoms with van der Waals surface area (Å²) in [6.45, 7) is 6.77. The van der Waals surface area contributed by atoms with E-state index in [9.17, 15) is 0 Å². The van der Waals surface area contributed by atoms with Gasteiger partial charge in [0, 0.05) is 34.1 Å². The van der Waals surface area contributed by atoms with Crippen molar-refractivity contribution in [2.75, 3.05) is 9.80 Å². The van der Waals surface area contributed by atoms with Crippen molar-refractivity contribution in [1.29, 1.82) is 0 Å². The molecule has 0 spiro atoms. The maximum atomic E-state index is 2.39. The van der Waals surface area contributed by atoms with Crippen LogP contribution < -0.4 is 9.80 Å². The Kier molecular flexibility index (Phi) is 13.4. The van der Waals surface area contributed by atoms with Crippen molar-refractivity contribution in [3.05, 3.63) is 242 Å². The summed E-state index contributed by atoms with van der Waals surface area (Å²) in [6, 6.07) is 84.1. The van der Waals surface area contributed by atoms with E-state index in [0.29, 0.717) is 5.92 Å². The number of hydrogen-bond acceptors (Lipinski definition) is 2. The molecule has 0 bridgehead atoms. The number of anilines is 6. The lowest BCUT2D eigenvalue weighted by Gasteiger charge is -2.27. The number of rotatable bonds is 16. The van der Waals surface area contributed by atoms with Gasteiger partial charge < -0.3 is 9.80 Å². The zero-order valence-corrected chi connectivity index (χ0v) is 37.9. The number of unbranched alkanes of at least 4 members (excludes halogenated alkanes) is 1. The van der Waals surface area contributed by atoms with Crippen LogP contribution in [-0.4, -0.2) is 0 Å². The molecular formula is C63H58N2. The van der Waals surface area contributed by atoms with E-state index < -0.39 is 0 Å². The molecule has 0 radical (unpaired) electrons. The monoisotopic (exact) mass is 842 g/mol. The predicted molar refractivity (Wildman–Crippen MR) is 279 cm³/mol. The van der Waals surface area contributed by atoms with Crippen molar-refractivity contribution in [3.63, 3.8) is 0 Å². The zero-order valence-electron chi connectivity index (χ0n) is 37.9. The second-order valence-corrected chi connectivity index (χ2v) is 17.2. The molecule has 1 unspecified atom stereocenters. The van der Waals surface area contributed by atoms with Crippen molar-refractivity contribution in [3.8, 4) is 44.5 Å². The fourth-order valence-corrected chi connectivity index (χ4v) is 9.23. The van der Waals surface area contributed by atoms with Crippen LogP contribution in [-0.2, 0) is 0 Å². The molecular weight excluding hydrogens is 785 g/mol. The molecule has 9 rings (SSSR count). The summed E-state index contributed by atoms with van der Waals surface area (Å²) in [5, 5.41) is 0. The molecule has 0 aliphatic rings.